The summed E-state index contributed by atoms with van der Waals surface area (Å²) in [5, 5.41) is 5.24. The van der Waals surface area contributed by atoms with Crippen molar-refractivity contribution in [2.24, 2.45) is 0 Å². The Hall–Kier alpha value is -5.28. The van der Waals surface area contributed by atoms with Gasteiger partial charge in [0.15, 0.2) is 5.58 Å². The van der Waals surface area contributed by atoms with Crippen molar-refractivity contribution in [2.75, 3.05) is 0 Å². The summed E-state index contributed by atoms with van der Waals surface area (Å²) in [4.78, 5) is 52.1. The van der Waals surface area contributed by atoms with E-state index in [9.17, 15) is 19.2 Å². The fourth-order valence-electron chi connectivity index (χ4n) is 4.92. The van der Waals surface area contributed by atoms with Crippen LogP contribution in [0, 0.1) is 0 Å². The van der Waals surface area contributed by atoms with Crippen molar-refractivity contribution in [3.05, 3.63) is 126 Å². The standard InChI is InChI=1S/C16H9NO3.C14H7NO3S/c18-14-8-6-12-13(17-14)7-5-10-9-3-1-2-4-11(9)16(19)20-15(10)12;16-13-9-4-2-1-3-7(9)8-5-6-10-12(11(8)18-13)19-14(17)15-10/h1-8H,(H,17,18);1-6H,(H,15,17). The first kappa shape index (κ1) is 22.9. The van der Waals surface area contributed by atoms with Gasteiger partial charge in [0.2, 0.25) is 5.56 Å². The van der Waals surface area contributed by atoms with Crippen LogP contribution in [0.4, 0.5) is 0 Å². The number of thiazole rings is 1. The molecule has 0 aliphatic carbocycles. The molecule has 9 heteroatoms. The zero-order valence-electron chi connectivity index (χ0n) is 19.9. The van der Waals surface area contributed by atoms with Crippen LogP contribution < -0.4 is 21.7 Å². The van der Waals surface area contributed by atoms with Gasteiger partial charge in [-0.1, -0.05) is 47.7 Å². The number of pyridine rings is 1. The van der Waals surface area contributed by atoms with Crippen molar-refractivity contribution in [3.63, 3.8) is 0 Å². The number of aromatic amines is 2. The second-order valence-corrected chi connectivity index (χ2v) is 9.91. The molecule has 0 bridgehead atoms. The van der Waals surface area contributed by atoms with E-state index in [4.69, 9.17) is 8.83 Å². The Bertz CT molecular complexity index is 2500. The molecule has 0 unspecified atom stereocenters. The third-order valence-corrected chi connectivity index (χ3v) is 7.56. The van der Waals surface area contributed by atoms with Crippen LogP contribution in [0.3, 0.4) is 0 Å². The zero-order valence-corrected chi connectivity index (χ0v) is 20.8. The largest absolute Gasteiger partial charge is 0.422 e. The molecule has 39 heavy (non-hydrogen) atoms. The van der Waals surface area contributed by atoms with Crippen LogP contribution in [0.15, 0.2) is 113 Å². The summed E-state index contributed by atoms with van der Waals surface area (Å²) in [5.41, 5.74) is 1.40. The molecule has 0 saturated heterocycles. The molecule has 0 atom stereocenters. The van der Waals surface area contributed by atoms with Gasteiger partial charge < -0.3 is 18.8 Å². The monoisotopic (exact) mass is 532 g/mol. The normalized spacial score (nSPS) is 11.5. The van der Waals surface area contributed by atoms with Gasteiger partial charge >= 0.3 is 16.1 Å². The topological polar surface area (TPSA) is 126 Å². The van der Waals surface area contributed by atoms with Crippen molar-refractivity contribution in [1.82, 2.24) is 9.97 Å². The van der Waals surface area contributed by atoms with Crippen LogP contribution in [0.1, 0.15) is 0 Å². The lowest BCUT2D eigenvalue weighted by Crippen LogP contribution is -2.04. The zero-order chi connectivity index (χ0) is 26.7. The van der Waals surface area contributed by atoms with Crippen LogP contribution in [-0.4, -0.2) is 9.97 Å². The Balaban J connectivity index is 0.000000130. The SMILES string of the molecule is O=c1[nH]c2ccc3c4ccccc4c(=O)oc3c2s1.O=c1ccc2c(ccc3c4ccccc4c(=O)oc23)[nH]1. The number of hydrogen-bond acceptors (Lipinski definition) is 7. The molecular weight excluding hydrogens is 516 g/mol. The van der Waals surface area contributed by atoms with Crippen LogP contribution in [0.5, 0.6) is 0 Å². The van der Waals surface area contributed by atoms with Crippen LogP contribution in [-0.2, 0) is 0 Å². The van der Waals surface area contributed by atoms with E-state index in [1.165, 1.54) is 6.07 Å². The van der Waals surface area contributed by atoms with Crippen molar-refractivity contribution < 1.29 is 8.83 Å². The molecule has 8 nitrogen and oxygen atoms in total. The average Bonchev–Trinajstić information content (AvgIpc) is 3.34. The number of aromatic nitrogens is 2. The van der Waals surface area contributed by atoms with E-state index in [0.717, 1.165) is 38.3 Å². The maximum Gasteiger partial charge on any atom is 0.344 e. The molecule has 8 rings (SSSR count). The number of rotatable bonds is 0. The minimum absolute atomic E-state index is 0.154. The molecule has 4 heterocycles. The molecule has 0 amide bonds. The van der Waals surface area contributed by atoms with E-state index in [2.05, 4.69) is 9.97 Å². The number of benzene rings is 4. The van der Waals surface area contributed by atoms with Gasteiger partial charge in [-0.25, -0.2) is 9.59 Å². The Kier molecular flexibility index (Phi) is 5.07. The van der Waals surface area contributed by atoms with Crippen LogP contribution in [0.2, 0.25) is 0 Å². The molecule has 188 valence electrons. The fourth-order valence-corrected chi connectivity index (χ4v) is 5.74. The van der Waals surface area contributed by atoms with E-state index < -0.39 is 0 Å². The molecule has 2 N–H and O–H groups in total. The Morgan fingerprint density at radius 2 is 1.03 bits per heavy atom. The fraction of sp³-hybridized carbons (Fsp3) is 0. The highest BCUT2D eigenvalue weighted by Crippen LogP contribution is 2.30. The molecule has 0 saturated carbocycles. The minimum Gasteiger partial charge on any atom is -0.422 e. The van der Waals surface area contributed by atoms with E-state index in [0.29, 0.717) is 37.7 Å². The first-order valence-corrected chi connectivity index (χ1v) is 12.7. The van der Waals surface area contributed by atoms with Crippen LogP contribution >= 0.6 is 11.3 Å². The quantitative estimate of drug-likeness (QED) is 0.192. The lowest BCUT2D eigenvalue weighted by atomic mass is 10.1. The summed E-state index contributed by atoms with van der Waals surface area (Å²) >= 11 is 1.06. The molecule has 8 aromatic rings. The molecule has 0 spiro atoms. The van der Waals surface area contributed by atoms with Gasteiger partial charge in [0, 0.05) is 22.2 Å². The summed E-state index contributed by atoms with van der Waals surface area (Å²) in [7, 11) is 0. The van der Waals surface area contributed by atoms with E-state index in [1.54, 1.807) is 24.3 Å². The summed E-state index contributed by atoms with van der Waals surface area (Å²) in [6, 6.07) is 25.1. The van der Waals surface area contributed by atoms with Crippen molar-refractivity contribution in [2.45, 2.75) is 0 Å². The average molecular weight is 533 g/mol. The highest BCUT2D eigenvalue weighted by molar-refractivity contribution is 7.17. The highest BCUT2D eigenvalue weighted by atomic mass is 32.1. The van der Waals surface area contributed by atoms with Crippen molar-refractivity contribution in [3.8, 4) is 0 Å². The second-order valence-electron chi connectivity index (χ2n) is 8.93. The molecule has 4 aromatic heterocycles. The highest BCUT2D eigenvalue weighted by Gasteiger charge is 2.12. The van der Waals surface area contributed by atoms with Gasteiger partial charge in [0.05, 0.1) is 26.5 Å². The predicted octanol–water partition coefficient (Wildman–Crippen LogP) is 5.64. The third kappa shape index (κ3) is 3.67. The van der Waals surface area contributed by atoms with Crippen molar-refractivity contribution in [1.29, 1.82) is 0 Å². The minimum atomic E-state index is -0.378. The summed E-state index contributed by atoms with van der Waals surface area (Å²) in [5.74, 6) is 0. The van der Waals surface area contributed by atoms with Crippen molar-refractivity contribution >= 4 is 75.9 Å². The predicted molar refractivity (Wildman–Crippen MR) is 154 cm³/mol. The number of fused-ring (bicyclic) bond motifs is 10. The first-order chi connectivity index (χ1) is 19.0. The van der Waals surface area contributed by atoms with Gasteiger partial charge in [-0.3, -0.25) is 9.59 Å². The van der Waals surface area contributed by atoms with Gasteiger partial charge in [0.1, 0.15) is 5.58 Å². The molecule has 0 radical (unpaired) electrons. The van der Waals surface area contributed by atoms with E-state index in [1.807, 2.05) is 54.6 Å². The lowest BCUT2D eigenvalue weighted by molar-refractivity contribution is 0.572. The molecular formula is C30H16N2O6S. The van der Waals surface area contributed by atoms with E-state index in [-0.39, 0.29) is 21.7 Å². The number of nitrogens with one attached hydrogen (secondary N) is 2. The van der Waals surface area contributed by atoms with Gasteiger partial charge in [-0.05, 0) is 53.2 Å². The maximum atomic E-state index is 12.1. The van der Waals surface area contributed by atoms with Gasteiger partial charge in [-0.2, -0.15) is 0 Å². The number of hydrogen-bond donors (Lipinski definition) is 2. The van der Waals surface area contributed by atoms with Gasteiger partial charge in [-0.15, -0.1) is 0 Å². The molecule has 4 aromatic carbocycles. The number of H-pyrrole nitrogens is 2. The molecule has 0 aliphatic heterocycles. The van der Waals surface area contributed by atoms with Crippen LogP contribution in [0.25, 0.3) is 64.6 Å². The Labute approximate surface area is 220 Å². The summed E-state index contributed by atoms with van der Waals surface area (Å²) in [6.07, 6.45) is 0. The lowest BCUT2D eigenvalue weighted by Gasteiger charge is -2.05. The van der Waals surface area contributed by atoms with Gasteiger partial charge in [0.25, 0.3) is 0 Å². The Morgan fingerprint density at radius 3 is 1.69 bits per heavy atom. The molecule has 0 fully saturated rings. The second kappa shape index (κ2) is 8.64. The third-order valence-electron chi connectivity index (χ3n) is 6.66. The smallest absolute Gasteiger partial charge is 0.344 e. The molecule has 0 aliphatic rings. The Morgan fingerprint density at radius 1 is 0.487 bits per heavy atom. The van der Waals surface area contributed by atoms with E-state index >= 15 is 0 Å². The summed E-state index contributed by atoms with van der Waals surface area (Å²) < 4.78 is 11.5. The maximum absolute atomic E-state index is 12.1. The first-order valence-electron chi connectivity index (χ1n) is 11.9. The summed E-state index contributed by atoms with van der Waals surface area (Å²) in [6.45, 7) is 0.